The average molecular weight is 272 g/mol. The predicted molar refractivity (Wildman–Crippen MR) is 68.3 cm³/mol. The summed E-state index contributed by atoms with van der Waals surface area (Å²) in [4.78, 5) is 11.9. The van der Waals surface area contributed by atoms with Crippen LogP contribution in [0.15, 0.2) is 24.3 Å². The quantitative estimate of drug-likeness (QED) is 0.799. The summed E-state index contributed by atoms with van der Waals surface area (Å²) in [6.07, 6.45) is 1.72. The van der Waals surface area contributed by atoms with E-state index in [2.05, 4.69) is 10.1 Å². The lowest BCUT2D eigenvalue weighted by atomic mass is 10.1. The van der Waals surface area contributed by atoms with Crippen LogP contribution in [0.1, 0.15) is 30.1 Å². The van der Waals surface area contributed by atoms with Crippen LogP contribution in [0.3, 0.4) is 0 Å². The Morgan fingerprint density at radius 3 is 2.47 bits per heavy atom. The molecule has 0 aliphatic heterocycles. The van der Waals surface area contributed by atoms with E-state index < -0.39 is 6.61 Å². The molecule has 4 nitrogen and oxygen atoms in total. The smallest absolute Gasteiger partial charge is 0.387 e. The van der Waals surface area contributed by atoms with Gasteiger partial charge in [0.2, 0.25) is 0 Å². The molecule has 6 heteroatoms. The minimum atomic E-state index is -2.87. The fourth-order valence-electron chi connectivity index (χ4n) is 1.65. The second-order valence-corrected chi connectivity index (χ2v) is 4.10. The molecule has 1 unspecified atom stereocenters. The molecular weight excluding hydrogens is 254 g/mol. The molecule has 1 amide bonds. The number of hydrogen-bond acceptors (Lipinski definition) is 3. The molecule has 0 heterocycles. The van der Waals surface area contributed by atoms with Gasteiger partial charge in [-0.1, -0.05) is 13.3 Å². The number of rotatable bonds is 7. The largest absolute Gasteiger partial charge is 0.435 e. The monoisotopic (exact) mass is 272 g/mol. The number of halogens is 2. The number of alkyl halides is 2. The summed E-state index contributed by atoms with van der Waals surface area (Å²) in [6.45, 7) is -0.497. The highest BCUT2D eigenvalue weighted by atomic mass is 19.3. The third-order valence-electron chi connectivity index (χ3n) is 2.60. The molecule has 0 bridgehead atoms. The van der Waals surface area contributed by atoms with Gasteiger partial charge in [-0.15, -0.1) is 0 Å². The van der Waals surface area contributed by atoms with Gasteiger partial charge >= 0.3 is 6.61 Å². The Hall–Kier alpha value is -1.69. The van der Waals surface area contributed by atoms with Crippen LogP contribution in [0.5, 0.6) is 5.75 Å². The maximum absolute atomic E-state index is 12.0. The Balaban J connectivity index is 2.62. The Labute approximate surface area is 110 Å². The number of benzene rings is 1. The second kappa shape index (κ2) is 7.68. The molecule has 1 atom stereocenters. The van der Waals surface area contributed by atoms with E-state index in [1.165, 1.54) is 24.3 Å². The summed E-state index contributed by atoms with van der Waals surface area (Å²) in [7, 11) is 0. The molecule has 1 rings (SSSR count). The standard InChI is InChI=1S/C13H18F2N2O2/c1-2-3-10(8-16)17-12(18)9-4-6-11(7-5-9)19-13(14)15/h4-7,10,13H,2-3,8,16H2,1H3,(H,17,18). The molecule has 0 aliphatic rings. The fraction of sp³-hybridized carbons (Fsp3) is 0.462. The van der Waals surface area contributed by atoms with Gasteiger partial charge in [0.05, 0.1) is 0 Å². The molecule has 106 valence electrons. The molecule has 0 spiro atoms. The van der Waals surface area contributed by atoms with Crippen molar-refractivity contribution in [3.05, 3.63) is 29.8 Å². The van der Waals surface area contributed by atoms with Gasteiger partial charge < -0.3 is 15.8 Å². The number of nitrogens with two attached hydrogens (primary N) is 1. The second-order valence-electron chi connectivity index (χ2n) is 4.10. The zero-order valence-electron chi connectivity index (χ0n) is 10.7. The molecule has 0 saturated carbocycles. The van der Waals surface area contributed by atoms with Gasteiger partial charge in [-0.2, -0.15) is 8.78 Å². The molecule has 0 saturated heterocycles. The topological polar surface area (TPSA) is 64.3 Å². The molecule has 19 heavy (non-hydrogen) atoms. The summed E-state index contributed by atoms with van der Waals surface area (Å²) in [6, 6.07) is 5.46. The first kappa shape index (κ1) is 15.4. The van der Waals surface area contributed by atoms with E-state index in [-0.39, 0.29) is 17.7 Å². The highest BCUT2D eigenvalue weighted by Crippen LogP contribution is 2.15. The number of carbonyl (C=O) groups is 1. The Bertz CT molecular complexity index is 396. The summed E-state index contributed by atoms with van der Waals surface area (Å²) < 4.78 is 28.1. The van der Waals surface area contributed by atoms with E-state index in [1.807, 2.05) is 6.92 Å². The van der Waals surface area contributed by atoms with Crippen molar-refractivity contribution in [2.24, 2.45) is 5.73 Å². The van der Waals surface area contributed by atoms with Crippen LogP contribution >= 0.6 is 0 Å². The lowest BCUT2D eigenvalue weighted by Crippen LogP contribution is -2.40. The molecular formula is C13H18F2N2O2. The van der Waals surface area contributed by atoms with Crippen LogP contribution in [-0.4, -0.2) is 25.1 Å². The maximum Gasteiger partial charge on any atom is 0.387 e. The lowest BCUT2D eigenvalue weighted by molar-refractivity contribution is -0.0498. The van der Waals surface area contributed by atoms with E-state index in [4.69, 9.17) is 5.73 Å². The normalized spacial score (nSPS) is 12.3. The van der Waals surface area contributed by atoms with Gasteiger partial charge in [0.25, 0.3) is 5.91 Å². The van der Waals surface area contributed by atoms with E-state index in [0.29, 0.717) is 12.1 Å². The number of ether oxygens (including phenoxy) is 1. The minimum absolute atomic E-state index is 0.0236. The van der Waals surface area contributed by atoms with Crippen molar-refractivity contribution in [3.8, 4) is 5.75 Å². The third kappa shape index (κ3) is 5.21. The first-order chi connectivity index (χ1) is 9.06. The van der Waals surface area contributed by atoms with Gasteiger partial charge in [-0.3, -0.25) is 4.79 Å². The highest BCUT2D eigenvalue weighted by molar-refractivity contribution is 5.94. The Morgan fingerprint density at radius 1 is 1.37 bits per heavy atom. The zero-order chi connectivity index (χ0) is 14.3. The molecule has 0 fully saturated rings. The summed E-state index contributed by atoms with van der Waals surface area (Å²) in [5.41, 5.74) is 5.93. The lowest BCUT2D eigenvalue weighted by Gasteiger charge is -2.16. The first-order valence-electron chi connectivity index (χ1n) is 6.12. The first-order valence-corrected chi connectivity index (χ1v) is 6.12. The maximum atomic E-state index is 12.0. The average Bonchev–Trinajstić information content (AvgIpc) is 2.38. The van der Waals surface area contributed by atoms with Crippen molar-refractivity contribution < 1.29 is 18.3 Å². The van der Waals surface area contributed by atoms with Gasteiger partial charge in [0, 0.05) is 18.2 Å². The van der Waals surface area contributed by atoms with Crippen molar-refractivity contribution in [1.82, 2.24) is 5.32 Å². The van der Waals surface area contributed by atoms with Gasteiger partial charge in [0.15, 0.2) is 0 Å². The van der Waals surface area contributed by atoms with Crippen LogP contribution in [-0.2, 0) is 0 Å². The third-order valence-corrected chi connectivity index (χ3v) is 2.60. The predicted octanol–water partition coefficient (Wildman–Crippen LogP) is 2.15. The Morgan fingerprint density at radius 2 is 2.00 bits per heavy atom. The van der Waals surface area contributed by atoms with Gasteiger partial charge in [-0.25, -0.2) is 0 Å². The van der Waals surface area contributed by atoms with Crippen molar-refractivity contribution in [3.63, 3.8) is 0 Å². The van der Waals surface area contributed by atoms with Crippen LogP contribution in [0, 0.1) is 0 Å². The SMILES string of the molecule is CCCC(CN)NC(=O)c1ccc(OC(F)F)cc1. The number of carbonyl (C=O) groups excluding carboxylic acids is 1. The van der Waals surface area contributed by atoms with Crippen LogP contribution < -0.4 is 15.8 Å². The number of hydrogen-bond donors (Lipinski definition) is 2. The summed E-state index contributed by atoms with van der Waals surface area (Å²) in [5.74, 6) is -0.247. The van der Waals surface area contributed by atoms with Crippen LogP contribution in [0.4, 0.5) is 8.78 Å². The summed E-state index contributed by atoms with van der Waals surface area (Å²) >= 11 is 0. The fourth-order valence-corrected chi connectivity index (χ4v) is 1.65. The molecule has 1 aromatic rings. The number of amides is 1. The zero-order valence-corrected chi connectivity index (χ0v) is 10.7. The minimum Gasteiger partial charge on any atom is -0.435 e. The molecule has 0 radical (unpaired) electrons. The van der Waals surface area contributed by atoms with Crippen molar-refractivity contribution in [2.75, 3.05) is 6.54 Å². The molecule has 1 aromatic carbocycles. The van der Waals surface area contributed by atoms with E-state index in [1.54, 1.807) is 0 Å². The molecule has 0 aliphatic carbocycles. The molecule has 3 N–H and O–H groups in total. The van der Waals surface area contributed by atoms with Gasteiger partial charge in [0.1, 0.15) is 5.75 Å². The Kier molecular flexibility index (Phi) is 6.21. The van der Waals surface area contributed by atoms with Crippen LogP contribution in [0.25, 0.3) is 0 Å². The van der Waals surface area contributed by atoms with E-state index in [9.17, 15) is 13.6 Å². The van der Waals surface area contributed by atoms with Crippen molar-refractivity contribution in [1.29, 1.82) is 0 Å². The summed E-state index contributed by atoms with van der Waals surface area (Å²) in [5, 5.41) is 2.79. The number of nitrogens with one attached hydrogen (secondary N) is 1. The van der Waals surface area contributed by atoms with E-state index >= 15 is 0 Å². The van der Waals surface area contributed by atoms with E-state index in [0.717, 1.165) is 12.8 Å². The van der Waals surface area contributed by atoms with Gasteiger partial charge in [-0.05, 0) is 30.7 Å². The van der Waals surface area contributed by atoms with Crippen LogP contribution in [0.2, 0.25) is 0 Å². The highest BCUT2D eigenvalue weighted by Gasteiger charge is 2.12. The van der Waals surface area contributed by atoms with Crippen molar-refractivity contribution >= 4 is 5.91 Å². The molecule has 0 aromatic heterocycles. The van der Waals surface area contributed by atoms with Crippen molar-refractivity contribution in [2.45, 2.75) is 32.4 Å².